The molecule has 2 heterocycles. The van der Waals surface area contributed by atoms with Gasteiger partial charge < -0.3 is 9.40 Å². The quantitative estimate of drug-likeness (QED) is 0.411. The zero-order chi connectivity index (χ0) is 13.0. The lowest BCUT2D eigenvalue weighted by Gasteiger charge is -1.91. The summed E-state index contributed by atoms with van der Waals surface area (Å²) in [7, 11) is 0. The van der Waals surface area contributed by atoms with Crippen molar-refractivity contribution in [3.05, 3.63) is 52.6 Å². The molecular formula is C14H8N2O3. The number of hydrogen-bond acceptors (Lipinski definition) is 3. The number of aromatic amines is 1. The van der Waals surface area contributed by atoms with Crippen LogP contribution in [0.25, 0.3) is 33.0 Å². The molecule has 0 radical (unpaired) electrons. The van der Waals surface area contributed by atoms with Crippen LogP contribution >= 0.6 is 0 Å². The van der Waals surface area contributed by atoms with E-state index in [-0.39, 0.29) is 5.69 Å². The Morgan fingerprint density at radius 3 is 2.79 bits per heavy atom. The van der Waals surface area contributed by atoms with E-state index in [1.807, 2.05) is 24.3 Å². The van der Waals surface area contributed by atoms with Crippen molar-refractivity contribution in [1.29, 1.82) is 0 Å². The second-order valence-electron chi connectivity index (χ2n) is 4.41. The van der Waals surface area contributed by atoms with Crippen LogP contribution in [0, 0.1) is 10.1 Å². The van der Waals surface area contributed by atoms with Gasteiger partial charge in [0.2, 0.25) is 0 Å². The number of hydrogen-bond donors (Lipinski definition) is 1. The first kappa shape index (κ1) is 10.1. The highest BCUT2D eigenvalue weighted by Crippen LogP contribution is 2.35. The van der Waals surface area contributed by atoms with Crippen LogP contribution < -0.4 is 0 Å². The van der Waals surface area contributed by atoms with E-state index in [4.69, 9.17) is 4.42 Å². The largest absolute Gasteiger partial charge is 0.454 e. The van der Waals surface area contributed by atoms with Gasteiger partial charge in [-0.05, 0) is 18.2 Å². The highest BCUT2D eigenvalue weighted by molar-refractivity contribution is 6.14. The molecule has 19 heavy (non-hydrogen) atoms. The molecule has 5 heteroatoms. The van der Waals surface area contributed by atoms with Crippen LogP contribution in [0.4, 0.5) is 5.69 Å². The van der Waals surface area contributed by atoms with Crippen LogP contribution in [0.3, 0.4) is 0 Å². The van der Waals surface area contributed by atoms with Crippen LogP contribution in [0.5, 0.6) is 0 Å². The number of rotatable bonds is 1. The number of nitro benzene ring substituents is 1. The molecule has 0 atom stereocenters. The standard InChI is InChI=1S/C14H8N2O3/c17-16(18)8-5-6-12-10(7-8)13-14(19-12)9-3-1-2-4-11(9)15-13/h1-7,15H. The summed E-state index contributed by atoms with van der Waals surface area (Å²) in [6.45, 7) is 0. The van der Waals surface area contributed by atoms with E-state index < -0.39 is 4.92 Å². The van der Waals surface area contributed by atoms with E-state index in [1.165, 1.54) is 12.1 Å². The molecule has 4 rings (SSSR count). The zero-order valence-corrected chi connectivity index (χ0v) is 9.71. The molecule has 2 aromatic heterocycles. The number of nitrogens with zero attached hydrogens (tertiary/aromatic N) is 1. The van der Waals surface area contributed by atoms with Crippen molar-refractivity contribution in [2.24, 2.45) is 0 Å². The maximum Gasteiger partial charge on any atom is 0.270 e. The van der Waals surface area contributed by atoms with Gasteiger partial charge in [0.1, 0.15) is 5.58 Å². The molecule has 0 aliphatic heterocycles. The predicted molar refractivity (Wildman–Crippen MR) is 72.2 cm³/mol. The Hall–Kier alpha value is -2.82. The van der Waals surface area contributed by atoms with Crippen molar-refractivity contribution in [3.8, 4) is 0 Å². The smallest absolute Gasteiger partial charge is 0.270 e. The van der Waals surface area contributed by atoms with E-state index in [9.17, 15) is 10.1 Å². The summed E-state index contributed by atoms with van der Waals surface area (Å²) >= 11 is 0. The molecular weight excluding hydrogens is 244 g/mol. The van der Waals surface area contributed by atoms with Crippen LogP contribution in [0.2, 0.25) is 0 Å². The van der Waals surface area contributed by atoms with Crippen molar-refractivity contribution in [3.63, 3.8) is 0 Å². The minimum absolute atomic E-state index is 0.0638. The van der Waals surface area contributed by atoms with Gasteiger partial charge in [-0.25, -0.2) is 0 Å². The first-order valence-corrected chi connectivity index (χ1v) is 5.81. The highest BCUT2D eigenvalue weighted by atomic mass is 16.6. The number of aromatic nitrogens is 1. The van der Waals surface area contributed by atoms with Crippen LogP contribution in [0.1, 0.15) is 0 Å². The summed E-state index contributed by atoms with van der Waals surface area (Å²) in [5.41, 5.74) is 3.22. The Balaban J connectivity index is 2.19. The molecule has 0 aliphatic rings. The number of non-ortho nitro benzene ring substituents is 1. The number of para-hydroxylation sites is 1. The predicted octanol–water partition coefficient (Wildman–Crippen LogP) is 3.98. The van der Waals surface area contributed by atoms with Crippen molar-refractivity contribution < 1.29 is 9.34 Å². The van der Waals surface area contributed by atoms with Gasteiger partial charge in [0, 0.05) is 23.0 Å². The third kappa shape index (κ3) is 1.29. The lowest BCUT2D eigenvalue weighted by Crippen LogP contribution is -1.86. The molecule has 5 nitrogen and oxygen atoms in total. The fourth-order valence-electron chi connectivity index (χ4n) is 2.44. The van der Waals surface area contributed by atoms with E-state index in [0.717, 1.165) is 27.4 Å². The zero-order valence-electron chi connectivity index (χ0n) is 9.71. The summed E-state index contributed by atoms with van der Waals surface area (Å²) < 4.78 is 5.79. The number of H-pyrrole nitrogens is 1. The second kappa shape index (κ2) is 3.35. The molecule has 0 amide bonds. The van der Waals surface area contributed by atoms with Crippen molar-refractivity contribution in [2.45, 2.75) is 0 Å². The molecule has 0 unspecified atom stereocenters. The number of benzene rings is 2. The fraction of sp³-hybridized carbons (Fsp3) is 0. The Labute approximate surface area is 106 Å². The maximum atomic E-state index is 10.8. The van der Waals surface area contributed by atoms with Gasteiger partial charge in [0.25, 0.3) is 5.69 Å². The average Bonchev–Trinajstić information content (AvgIpc) is 2.94. The Morgan fingerprint density at radius 1 is 1.11 bits per heavy atom. The minimum atomic E-state index is -0.402. The number of furan rings is 1. The van der Waals surface area contributed by atoms with E-state index >= 15 is 0 Å². The second-order valence-corrected chi connectivity index (χ2v) is 4.41. The van der Waals surface area contributed by atoms with Crippen molar-refractivity contribution in [2.75, 3.05) is 0 Å². The first-order chi connectivity index (χ1) is 9.24. The van der Waals surface area contributed by atoms with Gasteiger partial charge >= 0.3 is 0 Å². The first-order valence-electron chi connectivity index (χ1n) is 5.81. The van der Waals surface area contributed by atoms with Gasteiger partial charge in [0.05, 0.1) is 15.8 Å². The molecule has 0 aliphatic carbocycles. The third-order valence-electron chi connectivity index (χ3n) is 3.31. The fourth-order valence-corrected chi connectivity index (χ4v) is 2.44. The SMILES string of the molecule is O=[N+]([O-])c1ccc2oc3c4ccccc4[nH]c3c2c1. The molecule has 0 spiro atoms. The molecule has 2 aromatic carbocycles. The van der Waals surface area contributed by atoms with E-state index in [0.29, 0.717) is 5.58 Å². The number of fused-ring (bicyclic) bond motifs is 5. The van der Waals surface area contributed by atoms with Gasteiger partial charge in [0.15, 0.2) is 5.58 Å². The Bertz CT molecular complexity index is 949. The monoisotopic (exact) mass is 252 g/mol. The normalized spacial score (nSPS) is 11.6. The van der Waals surface area contributed by atoms with Crippen molar-refractivity contribution >= 4 is 38.7 Å². The van der Waals surface area contributed by atoms with Crippen molar-refractivity contribution in [1.82, 2.24) is 4.98 Å². The van der Waals surface area contributed by atoms with Gasteiger partial charge in [-0.3, -0.25) is 10.1 Å². The lowest BCUT2D eigenvalue weighted by molar-refractivity contribution is -0.384. The molecule has 0 fully saturated rings. The third-order valence-corrected chi connectivity index (χ3v) is 3.31. The van der Waals surface area contributed by atoms with Gasteiger partial charge in [-0.1, -0.05) is 12.1 Å². The molecule has 92 valence electrons. The minimum Gasteiger partial charge on any atom is -0.454 e. The summed E-state index contributed by atoms with van der Waals surface area (Å²) in [6.07, 6.45) is 0. The molecule has 0 saturated heterocycles. The van der Waals surface area contributed by atoms with E-state index in [1.54, 1.807) is 6.07 Å². The van der Waals surface area contributed by atoms with Gasteiger partial charge in [-0.15, -0.1) is 0 Å². The Kier molecular flexibility index (Phi) is 1.79. The van der Waals surface area contributed by atoms with E-state index in [2.05, 4.69) is 4.98 Å². The molecule has 0 bridgehead atoms. The molecule has 1 N–H and O–H groups in total. The summed E-state index contributed by atoms with van der Waals surface area (Å²) in [6, 6.07) is 12.4. The number of nitro groups is 1. The molecule has 4 aromatic rings. The number of nitrogens with one attached hydrogen (secondary N) is 1. The van der Waals surface area contributed by atoms with Crippen LogP contribution in [0.15, 0.2) is 46.9 Å². The summed E-state index contributed by atoms with van der Waals surface area (Å²) in [5.74, 6) is 0. The molecule has 0 saturated carbocycles. The maximum absolute atomic E-state index is 10.8. The summed E-state index contributed by atoms with van der Waals surface area (Å²) in [4.78, 5) is 13.7. The highest BCUT2D eigenvalue weighted by Gasteiger charge is 2.15. The van der Waals surface area contributed by atoms with Crippen LogP contribution in [-0.4, -0.2) is 9.91 Å². The average molecular weight is 252 g/mol. The topological polar surface area (TPSA) is 72.1 Å². The lowest BCUT2D eigenvalue weighted by atomic mass is 10.2. The summed E-state index contributed by atoms with van der Waals surface area (Å²) in [5, 5.41) is 12.6. The van der Waals surface area contributed by atoms with Crippen LogP contribution in [-0.2, 0) is 0 Å². The Morgan fingerprint density at radius 2 is 1.95 bits per heavy atom. The van der Waals surface area contributed by atoms with Gasteiger partial charge in [-0.2, -0.15) is 0 Å².